The summed E-state index contributed by atoms with van der Waals surface area (Å²) in [7, 11) is 0. The average Bonchev–Trinajstić information content (AvgIpc) is 3.26. The fourth-order valence-corrected chi connectivity index (χ4v) is 3.43. The second kappa shape index (κ2) is 9.03. The molecular formula is C23H22N4O6. The molecule has 4 N–H and O–H groups in total. The van der Waals surface area contributed by atoms with E-state index >= 15 is 0 Å². The number of ether oxygens (including phenoxy) is 2. The van der Waals surface area contributed by atoms with Crippen molar-refractivity contribution in [2.75, 3.05) is 6.61 Å². The Labute approximate surface area is 187 Å². The molecule has 33 heavy (non-hydrogen) atoms. The van der Waals surface area contributed by atoms with E-state index in [1.54, 1.807) is 31.2 Å². The van der Waals surface area contributed by atoms with Gasteiger partial charge in [-0.15, -0.1) is 0 Å². The van der Waals surface area contributed by atoms with Gasteiger partial charge in [0.2, 0.25) is 0 Å². The number of rotatable bonds is 8. The number of hydrogen-bond donors (Lipinski definition) is 4. The molecule has 4 aromatic rings. The SMILES string of the molecule is CCOc1cc(-c2cc(O)cc(OC(CC)C(=O)O)c2)ccc1-c1nc2nc[nH]c2c(=O)[nH]1. The molecular weight excluding hydrogens is 428 g/mol. The zero-order valence-corrected chi connectivity index (χ0v) is 18.0. The molecule has 1 atom stereocenters. The average molecular weight is 450 g/mol. The van der Waals surface area contributed by atoms with Gasteiger partial charge in [0.15, 0.2) is 17.3 Å². The van der Waals surface area contributed by atoms with E-state index < -0.39 is 12.1 Å². The van der Waals surface area contributed by atoms with Crippen LogP contribution in [0.4, 0.5) is 0 Å². The lowest BCUT2D eigenvalue weighted by molar-refractivity contribution is -0.145. The standard InChI is InChI=1S/C23H22N4O6/c1-3-17(23(30)31)33-15-8-13(7-14(28)10-15)12-5-6-16(18(9-12)32-4-2)20-26-21-19(22(29)27-20)24-11-25-21/h5-11,17,28H,3-4H2,1-2H3,(H,30,31)(H2,24,25,26,27,29). The summed E-state index contributed by atoms with van der Waals surface area (Å²) in [5.74, 6) is -0.144. The number of phenolic OH excluding ortho intramolecular Hbond substituents is 1. The topological polar surface area (TPSA) is 150 Å². The minimum atomic E-state index is -1.08. The summed E-state index contributed by atoms with van der Waals surface area (Å²) in [5, 5.41) is 19.4. The molecule has 0 aliphatic carbocycles. The van der Waals surface area contributed by atoms with Crippen molar-refractivity contribution >= 4 is 17.1 Å². The highest BCUT2D eigenvalue weighted by Crippen LogP contribution is 2.36. The molecule has 0 saturated heterocycles. The van der Waals surface area contributed by atoms with Gasteiger partial charge in [0, 0.05) is 6.07 Å². The summed E-state index contributed by atoms with van der Waals surface area (Å²) in [6, 6.07) is 9.82. The second-order valence-electron chi connectivity index (χ2n) is 7.23. The third kappa shape index (κ3) is 4.49. The van der Waals surface area contributed by atoms with Crippen molar-refractivity contribution in [1.29, 1.82) is 0 Å². The molecule has 0 amide bonds. The highest BCUT2D eigenvalue weighted by molar-refractivity contribution is 5.78. The minimum Gasteiger partial charge on any atom is -0.508 e. The number of benzene rings is 2. The van der Waals surface area contributed by atoms with Gasteiger partial charge in [-0.25, -0.2) is 14.8 Å². The molecule has 0 bridgehead atoms. The Balaban J connectivity index is 1.76. The van der Waals surface area contributed by atoms with E-state index in [9.17, 15) is 19.8 Å². The molecule has 10 nitrogen and oxygen atoms in total. The van der Waals surface area contributed by atoms with Crippen LogP contribution in [0.1, 0.15) is 20.3 Å². The number of phenols is 1. The molecule has 0 aliphatic heterocycles. The predicted molar refractivity (Wildman–Crippen MR) is 121 cm³/mol. The minimum absolute atomic E-state index is 0.0697. The van der Waals surface area contributed by atoms with Gasteiger partial charge >= 0.3 is 5.97 Å². The summed E-state index contributed by atoms with van der Waals surface area (Å²) < 4.78 is 11.3. The van der Waals surface area contributed by atoms with E-state index in [1.807, 2.05) is 6.92 Å². The van der Waals surface area contributed by atoms with Crippen LogP contribution in [0, 0.1) is 0 Å². The molecule has 0 saturated carbocycles. The number of fused-ring (bicyclic) bond motifs is 1. The van der Waals surface area contributed by atoms with Crippen molar-refractivity contribution < 1.29 is 24.5 Å². The van der Waals surface area contributed by atoms with E-state index in [0.29, 0.717) is 40.5 Å². The number of aliphatic carboxylic acids is 1. The molecule has 0 fully saturated rings. The Bertz CT molecular complexity index is 1380. The van der Waals surface area contributed by atoms with Crippen LogP contribution in [0.3, 0.4) is 0 Å². The summed E-state index contributed by atoms with van der Waals surface area (Å²) in [6.45, 7) is 3.91. The first-order valence-electron chi connectivity index (χ1n) is 10.3. The number of H-pyrrole nitrogens is 2. The number of carbonyl (C=O) groups is 1. The Hall–Kier alpha value is -4.34. The Morgan fingerprint density at radius 2 is 1.97 bits per heavy atom. The van der Waals surface area contributed by atoms with Crippen molar-refractivity contribution in [2.45, 2.75) is 26.4 Å². The summed E-state index contributed by atoms with van der Waals surface area (Å²) >= 11 is 0. The van der Waals surface area contributed by atoms with Crippen LogP contribution >= 0.6 is 0 Å². The molecule has 0 radical (unpaired) electrons. The van der Waals surface area contributed by atoms with Gasteiger partial charge in [-0.1, -0.05) is 13.0 Å². The molecule has 4 rings (SSSR count). The third-order valence-electron chi connectivity index (χ3n) is 4.98. The van der Waals surface area contributed by atoms with E-state index in [1.165, 1.54) is 18.5 Å². The van der Waals surface area contributed by atoms with Crippen molar-refractivity contribution in [1.82, 2.24) is 19.9 Å². The summed E-state index contributed by atoms with van der Waals surface area (Å²) in [5.41, 5.74) is 2.08. The molecule has 2 aromatic heterocycles. The normalized spacial score (nSPS) is 11.9. The van der Waals surface area contributed by atoms with Crippen LogP contribution in [-0.4, -0.2) is 48.8 Å². The van der Waals surface area contributed by atoms with E-state index in [4.69, 9.17) is 9.47 Å². The predicted octanol–water partition coefficient (Wildman–Crippen LogP) is 3.33. The number of nitrogens with zero attached hydrogens (tertiary/aromatic N) is 2. The van der Waals surface area contributed by atoms with Gasteiger partial charge in [-0.3, -0.25) is 4.79 Å². The van der Waals surface area contributed by atoms with Gasteiger partial charge in [0.05, 0.1) is 18.5 Å². The summed E-state index contributed by atoms with van der Waals surface area (Å²) in [4.78, 5) is 37.6. The maximum absolute atomic E-state index is 12.3. The maximum Gasteiger partial charge on any atom is 0.344 e. The van der Waals surface area contributed by atoms with Gasteiger partial charge in [-0.05, 0) is 48.7 Å². The largest absolute Gasteiger partial charge is 0.508 e. The number of nitrogens with one attached hydrogen (secondary N) is 2. The Morgan fingerprint density at radius 3 is 2.70 bits per heavy atom. The number of aromatic nitrogens is 4. The first kappa shape index (κ1) is 21.9. The molecule has 2 heterocycles. The van der Waals surface area contributed by atoms with Crippen LogP contribution in [0.25, 0.3) is 33.7 Å². The zero-order valence-electron chi connectivity index (χ0n) is 18.0. The van der Waals surface area contributed by atoms with Gasteiger partial charge in [0.1, 0.15) is 23.1 Å². The first-order chi connectivity index (χ1) is 15.9. The fourth-order valence-electron chi connectivity index (χ4n) is 3.43. The lowest BCUT2D eigenvalue weighted by Crippen LogP contribution is -2.25. The highest BCUT2D eigenvalue weighted by atomic mass is 16.5. The molecule has 1 unspecified atom stereocenters. The Kier molecular flexibility index (Phi) is 5.99. The van der Waals surface area contributed by atoms with Crippen LogP contribution in [0.15, 0.2) is 47.5 Å². The smallest absolute Gasteiger partial charge is 0.344 e. The molecule has 0 spiro atoms. The number of carboxylic acid groups (broad SMARTS) is 1. The lowest BCUT2D eigenvalue weighted by atomic mass is 10.0. The van der Waals surface area contributed by atoms with E-state index in [-0.39, 0.29) is 29.0 Å². The van der Waals surface area contributed by atoms with Crippen molar-refractivity contribution in [3.8, 4) is 39.8 Å². The number of imidazole rings is 1. The van der Waals surface area contributed by atoms with Crippen LogP contribution in [0.2, 0.25) is 0 Å². The monoisotopic (exact) mass is 450 g/mol. The maximum atomic E-state index is 12.3. The van der Waals surface area contributed by atoms with E-state index in [0.717, 1.165) is 0 Å². The van der Waals surface area contributed by atoms with Crippen LogP contribution < -0.4 is 15.0 Å². The van der Waals surface area contributed by atoms with Gasteiger partial charge in [-0.2, -0.15) is 0 Å². The molecule has 0 aliphatic rings. The molecule has 170 valence electrons. The quantitative estimate of drug-likeness (QED) is 0.319. The summed E-state index contributed by atoms with van der Waals surface area (Å²) in [6.07, 6.45) is 0.647. The first-order valence-corrected chi connectivity index (χ1v) is 10.3. The number of aromatic hydroxyl groups is 1. The number of aromatic amines is 2. The van der Waals surface area contributed by atoms with E-state index in [2.05, 4.69) is 19.9 Å². The van der Waals surface area contributed by atoms with Crippen molar-refractivity contribution in [2.24, 2.45) is 0 Å². The van der Waals surface area contributed by atoms with Crippen LogP contribution in [-0.2, 0) is 4.79 Å². The van der Waals surface area contributed by atoms with Crippen LogP contribution in [0.5, 0.6) is 17.2 Å². The van der Waals surface area contributed by atoms with Crippen molar-refractivity contribution in [3.63, 3.8) is 0 Å². The van der Waals surface area contributed by atoms with Crippen molar-refractivity contribution in [3.05, 3.63) is 53.1 Å². The fraction of sp³-hybridized carbons (Fsp3) is 0.217. The lowest BCUT2D eigenvalue weighted by Gasteiger charge is -2.15. The van der Waals surface area contributed by atoms with Gasteiger partial charge < -0.3 is 29.7 Å². The highest BCUT2D eigenvalue weighted by Gasteiger charge is 2.18. The second-order valence-corrected chi connectivity index (χ2v) is 7.23. The number of carboxylic acids is 1. The third-order valence-corrected chi connectivity index (χ3v) is 4.98. The molecule has 10 heteroatoms. The zero-order chi connectivity index (χ0) is 23.5. The molecule has 2 aromatic carbocycles. The Morgan fingerprint density at radius 1 is 1.15 bits per heavy atom. The van der Waals surface area contributed by atoms with Gasteiger partial charge in [0.25, 0.3) is 5.56 Å². The number of hydrogen-bond acceptors (Lipinski definition) is 7.